The maximum absolute atomic E-state index is 13.4. The van der Waals surface area contributed by atoms with Gasteiger partial charge in [-0.15, -0.1) is 0 Å². The number of nitrogens with zero attached hydrogens (tertiary/aromatic N) is 3. The minimum Gasteiger partial charge on any atom is -0.493 e. The fraction of sp³-hybridized carbons (Fsp3) is 0.273. The number of nitrogens with one attached hydrogen (secondary N) is 2. The van der Waals surface area contributed by atoms with Crippen LogP contribution in [0.1, 0.15) is 27.0 Å². The number of likely N-dealkylation sites (tertiary alicyclic amines) is 1. The zero-order chi connectivity index (χ0) is 29.8. The van der Waals surface area contributed by atoms with Crippen LogP contribution in [0.25, 0.3) is 11.4 Å². The molecule has 4 heterocycles. The highest BCUT2D eigenvalue weighted by Gasteiger charge is 2.36. The molecule has 0 aliphatic carbocycles. The number of aryl methyl sites for hydroxylation is 1. The number of hydrogen-bond donors (Lipinski definition) is 2. The van der Waals surface area contributed by atoms with Gasteiger partial charge in [-0.05, 0) is 48.4 Å². The Hall–Kier alpha value is -4.96. The number of amides is 2. The molecule has 220 valence electrons. The Balaban J connectivity index is 1.23. The second-order valence-electron chi connectivity index (χ2n) is 10.7. The molecule has 3 aliphatic rings. The van der Waals surface area contributed by atoms with Crippen LogP contribution in [0, 0.1) is 6.92 Å². The van der Waals surface area contributed by atoms with Crippen LogP contribution >= 0.6 is 0 Å². The number of ether oxygens (including phenoxy) is 3. The Morgan fingerprint density at radius 2 is 1.79 bits per heavy atom. The molecule has 0 unspecified atom stereocenters. The summed E-state index contributed by atoms with van der Waals surface area (Å²) in [7, 11) is 1.51. The second-order valence-corrected chi connectivity index (χ2v) is 10.7. The summed E-state index contributed by atoms with van der Waals surface area (Å²) >= 11 is 0. The molecule has 7 rings (SSSR count). The summed E-state index contributed by atoms with van der Waals surface area (Å²) in [6, 6.07) is 20.3. The summed E-state index contributed by atoms with van der Waals surface area (Å²) in [4.78, 5) is 37.3. The topological polar surface area (TPSA) is 115 Å². The lowest BCUT2D eigenvalue weighted by molar-refractivity contribution is -0.123. The first-order chi connectivity index (χ1) is 20.9. The molecule has 3 aromatic carbocycles. The highest BCUT2D eigenvalue weighted by molar-refractivity contribution is 5.95. The van der Waals surface area contributed by atoms with Crippen molar-refractivity contribution in [2.75, 3.05) is 26.8 Å². The van der Waals surface area contributed by atoms with Crippen molar-refractivity contribution >= 4 is 11.8 Å². The van der Waals surface area contributed by atoms with Crippen LogP contribution in [0.5, 0.6) is 17.2 Å². The molecule has 2 amide bonds. The van der Waals surface area contributed by atoms with Crippen molar-refractivity contribution in [3.8, 4) is 28.6 Å². The van der Waals surface area contributed by atoms with Crippen LogP contribution in [0.2, 0.25) is 0 Å². The van der Waals surface area contributed by atoms with Crippen molar-refractivity contribution in [2.24, 2.45) is 0 Å². The minimum atomic E-state index is -0.300. The first-order valence-electron chi connectivity index (χ1n) is 14.2. The lowest BCUT2D eigenvalue weighted by atomic mass is 10.1. The lowest BCUT2D eigenvalue weighted by Gasteiger charge is -2.21. The van der Waals surface area contributed by atoms with Gasteiger partial charge in [0.05, 0.1) is 13.2 Å². The highest BCUT2D eigenvalue weighted by Crippen LogP contribution is 2.29. The Kier molecular flexibility index (Phi) is 8.19. The van der Waals surface area contributed by atoms with Gasteiger partial charge in [-0.3, -0.25) is 14.5 Å². The molecule has 0 saturated carbocycles. The van der Waals surface area contributed by atoms with E-state index in [1.54, 1.807) is 18.2 Å². The maximum atomic E-state index is 13.4. The van der Waals surface area contributed by atoms with Gasteiger partial charge in [-0.2, -0.15) is 0 Å². The number of carbonyl (C=O) groups excluding carboxylic acids is 2. The average Bonchev–Trinajstić information content (AvgIpc) is 3.39. The van der Waals surface area contributed by atoms with Crippen molar-refractivity contribution < 1.29 is 23.8 Å². The Bertz CT molecular complexity index is 1610. The van der Waals surface area contributed by atoms with E-state index in [0.717, 1.165) is 22.3 Å². The smallest absolute Gasteiger partial charge is 0.258 e. The molecule has 43 heavy (non-hydrogen) atoms. The third-order valence-corrected chi connectivity index (χ3v) is 7.64. The van der Waals surface area contributed by atoms with Crippen molar-refractivity contribution in [3.63, 3.8) is 0 Å². The summed E-state index contributed by atoms with van der Waals surface area (Å²) in [5.41, 5.74) is 4.43. The van der Waals surface area contributed by atoms with E-state index in [0.29, 0.717) is 54.8 Å². The van der Waals surface area contributed by atoms with Gasteiger partial charge in [0.1, 0.15) is 11.9 Å². The van der Waals surface area contributed by atoms with E-state index in [1.165, 1.54) is 7.11 Å². The Morgan fingerprint density at radius 1 is 1.00 bits per heavy atom. The standard InChI is InChI=1S/C33H33N5O5/c1-21-5-3-4-6-26(21)32-35-15-23(16-36-32)17-38-18-27-30(19-38)43-25-10-7-22(8-11-25)14-34-31(39)20-42-29-13-24(33(40)37-27)9-12-28(29)41-2/h3-13,15-16,27,30H,14,17-20H2,1-2H3,(H,34,39)(H,37,40)/t27-,30-/m0/s1. The molecule has 0 spiro atoms. The largest absolute Gasteiger partial charge is 0.493 e. The molecule has 3 aliphatic heterocycles. The van der Waals surface area contributed by atoms with E-state index in [1.807, 2.05) is 67.8 Å². The Morgan fingerprint density at radius 3 is 2.56 bits per heavy atom. The summed E-state index contributed by atoms with van der Waals surface area (Å²) in [6.45, 7) is 3.97. The number of fused-ring (bicyclic) bond motifs is 7. The molecule has 1 saturated heterocycles. The number of aromatic nitrogens is 2. The lowest BCUT2D eigenvalue weighted by Crippen LogP contribution is -2.45. The molecule has 0 radical (unpaired) electrons. The average molecular weight is 580 g/mol. The van der Waals surface area contributed by atoms with Gasteiger partial charge >= 0.3 is 0 Å². The molecule has 4 bridgehead atoms. The summed E-state index contributed by atoms with van der Waals surface area (Å²) in [6.07, 6.45) is 3.42. The number of hydrogen-bond acceptors (Lipinski definition) is 8. The van der Waals surface area contributed by atoms with Crippen molar-refractivity contribution in [3.05, 3.63) is 101 Å². The van der Waals surface area contributed by atoms with E-state index in [2.05, 4.69) is 25.5 Å². The van der Waals surface area contributed by atoms with Crippen LogP contribution in [-0.2, 0) is 17.9 Å². The number of benzene rings is 3. The van der Waals surface area contributed by atoms with Gasteiger partial charge < -0.3 is 24.8 Å². The van der Waals surface area contributed by atoms with Crippen molar-refractivity contribution in [1.82, 2.24) is 25.5 Å². The normalized spacial score (nSPS) is 18.9. The SMILES string of the molecule is COc1ccc2cc1OCC(=O)NCc1ccc(cc1)O[C@H]1CN(Cc3cnc(-c4ccccc4C)nc3)C[C@@H]1NC2=O. The first-order valence-corrected chi connectivity index (χ1v) is 14.2. The zero-order valence-corrected chi connectivity index (χ0v) is 24.1. The van der Waals surface area contributed by atoms with Crippen LogP contribution < -0.4 is 24.8 Å². The van der Waals surface area contributed by atoms with E-state index in [9.17, 15) is 9.59 Å². The van der Waals surface area contributed by atoms with Crippen molar-refractivity contribution in [2.45, 2.75) is 32.2 Å². The first kappa shape index (κ1) is 28.2. The summed E-state index contributed by atoms with van der Waals surface area (Å²) < 4.78 is 17.5. The molecule has 4 aromatic rings. The van der Waals surface area contributed by atoms with Gasteiger partial charge in [0.2, 0.25) is 0 Å². The predicted molar refractivity (Wildman–Crippen MR) is 160 cm³/mol. The molecule has 2 N–H and O–H groups in total. The van der Waals surface area contributed by atoms with Gasteiger partial charge in [0.25, 0.3) is 11.8 Å². The molecule has 2 atom stereocenters. The van der Waals surface area contributed by atoms with E-state index in [-0.39, 0.29) is 30.6 Å². The van der Waals surface area contributed by atoms with Crippen LogP contribution in [0.15, 0.2) is 79.1 Å². The van der Waals surface area contributed by atoms with Crippen LogP contribution in [0.4, 0.5) is 0 Å². The molecule has 1 fully saturated rings. The third kappa shape index (κ3) is 6.60. The molecular formula is C33H33N5O5. The third-order valence-electron chi connectivity index (χ3n) is 7.64. The van der Waals surface area contributed by atoms with E-state index < -0.39 is 0 Å². The van der Waals surface area contributed by atoms with Crippen LogP contribution in [0.3, 0.4) is 0 Å². The molecule has 1 aromatic heterocycles. The molecule has 10 nitrogen and oxygen atoms in total. The second kappa shape index (κ2) is 12.5. The molecule has 10 heteroatoms. The summed E-state index contributed by atoms with van der Waals surface area (Å²) in [5, 5.41) is 6.01. The predicted octanol–water partition coefficient (Wildman–Crippen LogP) is 3.53. The monoisotopic (exact) mass is 579 g/mol. The Labute approximate surface area is 250 Å². The molecular weight excluding hydrogens is 546 g/mol. The fourth-order valence-corrected chi connectivity index (χ4v) is 5.33. The van der Waals surface area contributed by atoms with Gasteiger partial charge in [-0.1, -0.05) is 36.4 Å². The zero-order valence-electron chi connectivity index (χ0n) is 24.1. The maximum Gasteiger partial charge on any atom is 0.258 e. The quantitative estimate of drug-likeness (QED) is 0.378. The number of rotatable bonds is 4. The van der Waals surface area contributed by atoms with Gasteiger partial charge in [0.15, 0.2) is 23.9 Å². The van der Waals surface area contributed by atoms with E-state index >= 15 is 0 Å². The van der Waals surface area contributed by atoms with Gasteiger partial charge in [-0.25, -0.2) is 9.97 Å². The van der Waals surface area contributed by atoms with Gasteiger partial charge in [0, 0.05) is 55.3 Å². The van der Waals surface area contributed by atoms with Crippen molar-refractivity contribution in [1.29, 1.82) is 0 Å². The fourth-order valence-electron chi connectivity index (χ4n) is 5.33. The van der Waals surface area contributed by atoms with E-state index in [4.69, 9.17) is 14.2 Å². The number of carbonyl (C=O) groups is 2. The summed E-state index contributed by atoms with van der Waals surface area (Å²) in [5.74, 6) is 1.57. The van der Waals surface area contributed by atoms with Crippen LogP contribution in [-0.4, -0.2) is 65.6 Å². The highest BCUT2D eigenvalue weighted by atomic mass is 16.5. The number of methoxy groups -OCH3 is 1. The minimum absolute atomic E-state index is 0.210.